The third kappa shape index (κ3) is 5.44. The minimum Gasteiger partial charge on any atom is -0.340 e. The van der Waals surface area contributed by atoms with Crippen LogP contribution < -0.4 is 5.32 Å². The van der Waals surface area contributed by atoms with Gasteiger partial charge in [0, 0.05) is 65.2 Å². The van der Waals surface area contributed by atoms with Crippen LogP contribution in [0.5, 0.6) is 0 Å². The Kier molecular flexibility index (Phi) is 8.23. The first kappa shape index (κ1) is 22.6. The van der Waals surface area contributed by atoms with Crippen LogP contribution in [0.3, 0.4) is 0 Å². The Morgan fingerprint density at radius 1 is 0.821 bits per heavy atom. The van der Waals surface area contributed by atoms with E-state index in [0.29, 0.717) is 26.2 Å². The van der Waals surface area contributed by atoms with Crippen LogP contribution in [0.1, 0.15) is 12.8 Å². The van der Waals surface area contributed by atoms with E-state index in [1.807, 2.05) is 0 Å². The maximum absolute atomic E-state index is 12.6. The lowest BCUT2D eigenvalue weighted by molar-refractivity contribution is -0.138. The van der Waals surface area contributed by atoms with Crippen molar-refractivity contribution in [2.75, 3.05) is 52.4 Å². The molecule has 0 bridgehead atoms. The van der Waals surface area contributed by atoms with E-state index in [4.69, 9.17) is 0 Å². The summed E-state index contributed by atoms with van der Waals surface area (Å²) in [5.41, 5.74) is 0. The second-order valence-electron chi connectivity index (χ2n) is 6.73. The van der Waals surface area contributed by atoms with E-state index >= 15 is 0 Å². The maximum Gasteiger partial charge on any atom is 0.243 e. The molecule has 2 saturated heterocycles. The van der Waals surface area contributed by atoms with Gasteiger partial charge in [-0.1, -0.05) is 18.2 Å². The Bertz CT molecular complexity index is 761. The first-order chi connectivity index (χ1) is 13.0. The average Bonchev–Trinajstić information content (AvgIpc) is 2.73. The van der Waals surface area contributed by atoms with Gasteiger partial charge in [-0.05, 0) is 12.1 Å². The summed E-state index contributed by atoms with van der Waals surface area (Å²) in [4.78, 5) is 28.3. The number of hydrogen-bond donors (Lipinski definition) is 1. The van der Waals surface area contributed by atoms with Crippen LogP contribution in [0.4, 0.5) is 0 Å². The molecule has 10 heteroatoms. The number of piperazine rings is 2. The van der Waals surface area contributed by atoms with Gasteiger partial charge in [0.1, 0.15) is 0 Å². The minimum atomic E-state index is -3.52. The molecule has 156 valence electrons. The quantitative estimate of drug-likeness (QED) is 0.718. The highest BCUT2D eigenvalue weighted by molar-refractivity contribution is 7.89. The summed E-state index contributed by atoms with van der Waals surface area (Å²) < 4.78 is 26.7. The third-order valence-electron chi connectivity index (χ3n) is 4.99. The van der Waals surface area contributed by atoms with Gasteiger partial charge >= 0.3 is 0 Å². The molecule has 0 aromatic heterocycles. The molecule has 3 rings (SSSR count). The molecule has 2 fully saturated rings. The molecule has 2 amide bonds. The fraction of sp³-hybridized carbons (Fsp3) is 0.556. The van der Waals surface area contributed by atoms with Gasteiger partial charge in [0.2, 0.25) is 21.8 Å². The van der Waals surface area contributed by atoms with Gasteiger partial charge in [0.25, 0.3) is 0 Å². The number of nitrogens with zero attached hydrogens (tertiary/aromatic N) is 3. The molecular weight excluding hydrogens is 404 g/mol. The third-order valence-corrected chi connectivity index (χ3v) is 6.91. The number of rotatable bonds is 5. The van der Waals surface area contributed by atoms with Crippen LogP contribution in [-0.2, 0) is 19.6 Å². The Hall–Kier alpha value is -1.68. The van der Waals surface area contributed by atoms with E-state index in [1.54, 1.807) is 40.1 Å². The summed E-state index contributed by atoms with van der Waals surface area (Å²) in [6.07, 6.45) is 0.384. The summed E-state index contributed by atoms with van der Waals surface area (Å²) in [6.45, 7) is 4.20. The summed E-state index contributed by atoms with van der Waals surface area (Å²) in [5, 5.41) is 3.19. The lowest BCUT2D eigenvalue weighted by Crippen LogP contribution is -2.50. The van der Waals surface area contributed by atoms with Crippen LogP contribution >= 0.6 is 12.4 Å². The number of amides is 2. The highest BCUT2D eigenvalue weighted by Crippen LogP contribution is 2.17. The van der Waals surface area contributed by atoms with Gasteiger partial charge < -0.3 is 15.1 Å². The van der Waals surface area contributed by atoms with Crippen molar-refractivity contribution in [3.8, 4) is 0 Å². The fourth-order valence-corrected chi connectivity index (χ4v) is 4.81. The van der Waals surface area contributed by atoms with E-state index in [9.17, 15) is 18.0 Å². The molecule has 1 aromatic rings. The number of carbonyl (C=O) groups is 2. The van der Waals surface area contributed by atoms with E-state index < -0.39 is 10.0 Å². The zero-order chi connectivity index (χ0) is 19.3. The summed E-state index contributed by atoms with van der Waals surface area (Å²) in [6, 6.07) is 8.32. The summed E-state index contributed by atoms with van der Waals surface area (Å²) in [7, 11) is -3.52. The van der Waals surface area contributed by atoms with E-state index in [0.717, 1.165) is 13.1 Å². The normalized spacial score (nSPS) is 18.4. The van der Waals surface area contributed by atoms with Gasteiger partial charge in [-0.3, -0.25) is 9.59 Å². The highest BCUT2D eigenvalue weighted by atomic mass is 35.5. The van der Waals surface area contributed by atoms with Crippen molar-refractivity contribution >= 4 is 34.2 Å². The fourth-order valence-electron chi connectivity index (χ4n) is 3.36. The lowest BCUT2D eigenvalue weighted by Gasteiger charge is -2.34. The molecule has 0 saturated carbocycles. The maximum atomic E-state index is 12.6. The van der Waals surface area contributed by atoms with E-state index in [2.05, 4.69) is 5.32 Å². The Labute approximate surface area is 172 Å². The van der Waals surface area contributed by atoms with Gasteiger partial charge in [-0.2, -0.15) is 4.31 Å². The molecule has 2 aliphatic heterocycles. The molecule has 28 heavy (non-hydrogen) atoms. The molecule has 8 nitrogen and oxygen atoms in total. The van der Waals surface area contributed by atoms with Crippen molar-refractivity contribution in [1.29, 1.82) is 0 Å². The first-order valence-electron chi connectivity index (χ1n) is 9.30. The van der Waals surface area contributed by atoms with Crippen molar-refractivity contribution in [2.24, 2.45) is 0 Å². The zero-order valence-electron chi connectivity index (χ0n) is 15.7. The second kappa shape index (κ2) is 10.2. The number of sulfonamides is 1. The Morgan fingerprint density at radius 2 is 1.32 bits per heavy atom. The molecule has 1 N–H and O–H groups in total. The minimum absolute atomic E-state index is 0. The van der Waals surface area contributed by atoms with Crippen molar-refractivity contribution in [2.45, 2.75) is 17.7 Å². The van der Waals surface area contributed by atoms with Gasteiger partial charge in [0.05, 0.1) is 4.90 Å². The zero-order valence-corrected chi connectivity index (χ0v) is 17.4. The topological polar surface area (TPSA) is 90.0 Å². The van der Waals surface area contributed by atoms with Crippen molar-refractivity contribution in [3.05, 3.63) is 30.3 Å². The molecule has 2 heterocycles. The van der Waals surface area contributed by atoms with Crippen LogP contribution in [0.15, 0.2) is 35.2 Å². The molecule has 0 unspecified atom stereocenters. The predicted octanol–water partition coefficient (Wildman–Crippen LogP) is 0.153. The SMILES string of the molecule is Cl.O=C(CCC(=O)N1CCN(S(=O)(=O)c2ccccc2)CC1)N1CCNCC1. The molecule has 0 radical (unpaired) electrons. The van der Waals surface area contributed by atoms with Gasteiger partial charge in [0.15, 0.2) is 0 Å². The smallest absolute Gasteiger partial charge is 0.243 e. The molecule has 0 atom stereocenters. The number of nitrogens with one attached hydrogen (secondary N) is 1. The molecular formula is C18H27ClN4O4S. The van der Waals surface area contributed by atoms with Crippen molar-refractivity contribution in [1.82, 2.24) is 19.4 Å². The van der Waals surface area contributed by atoms with Crippen LogP contribution in [-0.4, -0.2) is 86.7 Å². The van der Waals surface area contributed by atoms with E-state index in [-0.39, 0.29) is 55.0 Å². The first-order valence-corrected chi connectivity index (χ1v) is 10.7. The Balaban J connectivity index is 0.00000280. The van der Waals surface area contributed by atoms with Crippen LogP contribution in [0.25, 0.3) is 0 Å². The summed E-state index contributed by atoms with van der Waals surface area (Å²) >= 11 is 0. The Morgan fingerprint density at radius 3 is 1.86 bits per heavy atom. The highest BCUT2D eigenvalue weighted by Gasteiger charge is 2.30. The largest absolute Gasteiger partial charge is 0.340 e. The monoisotopic (exact) mass is 430 g/mol. The second-order valence-corrected chi connectivity index (χ2v) is 8.67. The average molecular weight is 431 g/mol. The van der Waals surface area contributed by atoms with Crippen LogP contribution in [0, 0.1) is 0 Å². The van der Waals surface area contributed by atoms with Gasteiger partial charge in [-0.15, -0.1) is 12.4 Å². The van der Waals surface area contributed by atoms with Crippen LogP contribution in [0.2, 0.25) is 0 Å². The lowest BCUT2D eigenvalue weighted by atomic mass is 10.2. The van der Waals surface area contributed by atoms with Crippen molar-refractivity contribution < 1.29 is 18.0 Å². The van der Waals surface area contributed by atoms with Gasteiger partial charge in [-0.25, -0.2) is 8.42 Å². The molecule has 2 aliphatic rings. The van der Waals surface area contributed by atoms with Crippen molar-refractivity contribution in [3.63, 3.8) is 0 Å². The summed E-state index contributed by atoms with van der Waals surface area (Å²) in [5.74, 6) is -0.0783. The molecule has 0 aliphatic carbocycles. The predicted molar refractivity (Wildman–Crippen MR) is 108 cm³/mol. The number of hydrogen-bond acceptors (Lipinski definition) is 5. The van der Waals surface area contributed by atoms with E-state index in [1.165, 1.54) is 4.31 Å². The number of halogens is 1. The number of carbonyl (C=O) groups excluding carboxylic acids is 2. The molecule has 0 spiro atoms. The molecule has 1 aromatic carbocycles. The number of benzene rings is 1. The standard InChI is InChI=1S/C18H26N4O4S.ClH/c23-17(20-10-8-19-9-11-20)6-7-18(24)21-12-14-22(15-13-21)27(25,26)16-4-2-1-3-5-16;/h1-5,19H,6-15H2;1H.